The Hall–Kier alpha value is -1.97. The van der Waals surface area contributed by atoms with Crippen molar-refractivity contribution in [1.29, 1.82) is 0 Å². The first-order valence-electron chi connectivity index (χ1n) is 8.49. The minimum atomic E-state index is 0. The van der Waals surface area contributed by atoms with Gasteiger partial charge in [-0.15, -0.1) is 12.4 Å². The van der Waals surface area contributed by atoms with E-state index in [2.05, 4.69) is 48.4 Å². The van der Waals surface area contributed by atoms with E-state index in [0.717, 1.165) is 49.6 Å². The fraction of sp³-hybridized carbons (Fsp3) is 0.333. The molecule has 1 aliphatic rings. The van der Waals surface area contributed by atoms with Crippen LogP contribution in [0.4, 0.5) is 0 Å². The van der Waals surface area contributed by atoms with Gasteiger partial charge in [0.2, 0.25) is 0 Å². The van der Waals surface area contributed by atoms with Crippen molar-refractivity contribution in [2.75, 3.05) is 27.3 Å². The van der Waals surface area contributed by atoms with E-state index < -0.39 is 0 Å². The fourth-order valence-corrected chi connectivity index (χ4v) is 3.02. The summed E-state index contributed by atoms with van der Waals surface area (Å²) in [6, 6.07) is 14.7. The fourth-order valence-electron chi connectivity index (χ4n) is 3.02. The van der Waals surface area contributed by atoms with Crippen LogP contribution in [0.2, 0.25) is 0 Å². The van der Waals surface area contributed by atoms with Crippen LogP contribution in [0.5, 0.6) is 11.5 Å². The Labute approximate surface area is 156 Å². The third kappa shape index (κ3) is 5.25. The second-order valence-electron chi connectivity index (χ2n) is 6.24. The van der Waals surface area contributed by atoms with Gasteiger partial charge >= 0.3 is 0 Å². The average molecular weight is 360 g/mol. The topological polar surface area (TPSA) is 21.7 Å². The molecule has 0 radical (unpaired) electrons. The van der Waals surface area contributed by atoms with E-state index in [1.807, 2.05) is 18.2 Å². The summed E-state index contributed by atoms with van der Waals surface area (Å²) in [5.74, 6) is 1.97. The van der Waals surface area contributed by atoms with Crippen molar-refractivity contribution >= 4 is 18.5 Å². The van der Waals surface area contributed by atoms with Gasteiger partial charge < -0.3 is 9.47 Å². The highest BCUT2D eigenvalue weighted by atomic mass is 35.5. The number of aryl methyl sites for hydroxylation is 1. The monoisotopic (exact) mass is 359 g/mol. The van der Waals surface area contributed by atoms with Gasteiger partial charge in [-0.25, -0.2) is 0 Å². The number of rotatable bonds is 6. The van der Waals surface area contributed by atoms with E-state index in [-0.39, 0.29) is 12.4 Å². The zero-order chi connectivity index (χ0) is 16.8. The maximum absolute atomic E-state index is 5.76. The first-order valence-corrected chi connectivity index (χ1v) is 8.49. The quantitative estimate of drug-likeness (QED) is 0.753. The summed E-state index contributed by atoms with van der Waals surface area (Å²) < 4.78 is 11.1. The highest BCUT2D eigenvalue weighted by molar-refractivity contribution is 5.85. The van der Waals surface area contributed by atoms with Gasteiger partial charge in [0, 0.05) is 18.7 Å². The molecule has 0 fully saturated rings. The molecule has 134 valence electrons. The number of methoxy groups -OCH3 is 1. The lowest BCUT2D eigenvalue weighted by Gasteiger charge is -2.20. The molecule has 4 heteroatoms. The van der Waals surface area contributed by atoms with Crippen molar-refractivity contribution < 1.29 is 9.47 Å². The van der Waals surface area contributed by atoms with E-state index >= 15 is 0 Å². The van der Waals surface area contributed by atoms with E-state index in [0.29, 0.717) is 0 Å². The van der Waals surface area contributed by atoms with Gasteiger partial charge in [-0.1, -0.05) is 42.5 Å². The van der Waals surface area contributed by atoms with Crippen molar-refractivity contribution in [3.05, 3.63) is 65.2 Å². The number of hydrogen-bond donors (Lipinski definition) is 0. The SMILES string of the molecule is COc1ccccc1/C=C/CN(C)Cc1ccc2c(c1)OCCC2.Cl. The molecule has 0 N–H and O–H groups in total. The molecule has 0 spiro atoms. The van der Waals surface area contributed by atoms with Crippen LogP contribution < -0.4 is 9.47 Å². The number of nitrogens with zero attached hydrogens (tertiary/aromatic N) is 1. The molecule has 1 heterocycles. The lowest BCUT2D eigenvalue weighted by molar-refractivity contribution is 0.287. The van der Waals surface area contributed by atoms with E-state index in [4.69, 9.17) is 9.47 Å². The Morgan fingerprint density at radius 3 is 2.88 bits per heavy atom. The van der Waals surface area contributed by atoms with Crippen LogP contribution >= 0.6 is 12.4 Å². The largest absolute Gasteiger partial charge is 0.496 e. The van der Waals surface area contributed by atoms with Crippen molar-refractivity contribution in [1.82, 2.24) is 4.90 Å². The molecule has 3 rings (SSSR count). The molecule has 2 aromatic rings. The number of benzene rings is 2. The number of likely N-dealkylation sites (N-methyl/N-ethyl adjacent to an activating group) is 1. The molecule has 1 aliphatic heterocycles. The molecular weight excluding hydrogens is 334 g/mol. The maximum atomic E-state index is 5.76. The minimum Gasteiger partial charge on any atom is -0.496 e. The van der Waals surface area contributed by atoms with Crippen molar-refractivity contribution in [3.8, 4) is 11.5 Å². The molecule has 0 saturated heterocycles. The van der Waals surface area contributed by atoms with Crippen molar-refractivity contribution in [2.45, 2.75) is 19.4 Å². The summed E-state index contributed by atoms with van der Waals surface area (Å²) in [5.41, 5.74) is 3.74. The molecule has 0 atom stereocenters. The molecule has 2 aromatic carbocycles. The first-order chi connectivity index (χ1) is 11.8. The lowest BCUT2D eigenvalue weighted by atomic mass is 10.0. The van der Waals surface area contributed by atoms with Gasteiger partial charge in [0.25, 0.3) is 0 Å². The summed E-state index contributed by atoms with van der Waals surface area (Å²) >= 11 is 0. The molecular formula is C21H26ClNO2. The van der Waals surface area contributed by atoms with E-state index in [1.165, 1.54) is 11.1 Å². The molecule has 0 amide bonds. The van der Waals surface area contributed by atoms with Crippen LogP contribution in [0.15, 0.2) is 48.5 Å². The number of para-hydroxylation sites is 1. The Morgan fingerprint density at radius 1 is 1.20 bits per heavy atom. The molecule has 0 saturated carbocycles. The standard InChI is InChI=1S/C21H25NO2.ClH/c1-22(13-5-8-18-7-3-4-10-20(18)23-2)16-17-11-12-19-9-6-14-24-21(19)15-17;/h3-5,7-8,10-12,15H,6,9,13-14,16H2,1-2H3;1H/b8-5+;. The molecule has 0 aliphatic carbocycles. The lowest BCUT2D eigenvalue weighted by Crippen LogP contribution is -2.18. The van der Waals surface area contributed by atoms with Gasteiger partial charge in [-0.05, 0) is 43.1 Å². The molecule has 0 bridgehead atoms. The van der Waals surface area contributed by atoms with Crippen LogP contribution in [-0.2, 0) is 13.0 Å². The predicted octanol–water partition coefficient (Wildman–Crippen LogP) is 4.59. The number of fused-ring (bicyclic) bond motifs is 1. The van der Waals surface area contributed by atoms with Crippen LogP contribution in [-0.4, -0.2) is 32.2 Å². The first kappa shape index (κ1) is 19.4. The third-order valence-corrected chi connectivity index (χ3v) is 4.29. The van der Waals surface area contributed by atoms with Gasteiger partial charge in [-0.2, -0.15) is 0 Å². The Bertz CT molecular complexity index is 715. The summed E-state index contributed by atoms with van der Waals surface area (Å²) in [6.07, 6.45) is 6.55. The predicted molar refractivity (Wildman–Crippen MR) is 106 cm³/mol. The summed E-state index contributed by atoms with van der Waals surface area (Å²) in [6.45, 7) is 2.64. The summed E-state index contributed by atoms with van der Waals surface area (Å²) in [7, 11) is 3.84. The van der Waals surface area contributed by atoms with Crippen molar-refractivity contribution in [3.63, 3.8) is 0 Å². The van der Waals surface area contributed by atoms with E-state index in [1.54, 1.807) is 7.11 Å². The Balaban J connectivity index is 0.00000225. The molecule has 0 aromatic heterocycles. The second-order valence-corrected chi connectivity index (χ2v) is 6.24. The van der Waals surface area contributed by atoms with Crippen LogP contribution in [0.1, 0.15) is 23.1 Å². The summed E-state index contributed by atoms with van der Waals surface area (Å²) in [4.78, 5) is 2.29. The van der Waals surface area contributed by atoms with Gasteiger partial charge in [-0.3, -0.25) is 4.90 Å². The van der Waals surface area contributed by atoms with Crippen molar-refractivity contribution in [2.24, 2.45) is 0 Å². The summed E-state index contributed by atoms with van der Waals surface area (Å²) in [5, 5.41) is 0. The Kier molecular flexibility index (Phi) is 7.35. The molecule has 0 unspecified atom stereocenters. The number of ether oxygens (including phenoxy) is 2. The Morgan fingerprint density at radius 2 is 2.04 bits per heavy atom. The number of hydrogen-bond acceptors (Lipinski definition) is 3. The minimum absolute atomic E-state index is 0. The van der Waals surface area contributed by atoms with Crippen LogP contribution in [0.3, 0.4) is 0 Å². The van der Waals surface area contributed by atoms with Gasteiger partial charge in [0.1, 0.15) is 11.5 Å². The zero-order valence-electron chi connectivity index (χ0n) is 14.9. The third-order valence-electron chi connectivity index (χ3n) is 4.29. The smallest absolute Gasteiger partial charge is 0.126 e. The van der Waals surface area contributed by atoms with Gasteiger partial charge in [0.05, 0.1) is 13.7 Å². The van der Waals surface area contributed by atoms with Gasteiger partial charge in [0.15, 0.2) is 0 Å². The highest BCUT2D eigenvalue weighted by Gasteiger charge is 2.11. The normalized spacial score (nSPS) is 13.2. The second kappa shape index (κ2) is 9.50. The van der Waals surface area contributed by atoms with Crippen LogP contribution in [0.25, 0.3) is 6.08 Å². The maximum Gasteiger partial charge on any atom is 0.126 e. The molecule has 25 heavy (non-hydrogen) atoms. The average Bonchev–Trinajstić information content (AvgIpc) is 2.62. The zero-order valence-corrected chi connectivity index (χ0v) is 15.7. The molecule has 3 nitrogen and oxygen atoms in total. The highest BCUT2D eigenvalue weighted by Crippen LogP contribution is 2.26. The van der Waals surface area contributed by atoms with E-state index in [9.17, 15) is 0 Å². The van der Waals surface area contributed by atoms with Crippen LogP contribution in [0, 0.1) is 0 Å². The number of halogens is 1.